The molecule has 0 aliphatic heterocycles. The molecule has 54 heavy (non-hydrogen) atoms. The molecule has 0 aliphatic rings. The van der Waals surface area contributed by atoms with Gasteiger partial charge in [0.1, 0.15) is 0 Å². The fraction of sp³-hybridized carbons (Fsp3) is 0.0800. The molecule has 10 aromatic rings. The number of nitrogens with zero attached hydrogens (tertiary/aromatic N) is 2. The van der Waals surface area contributed by atoms with Crippen LogP contribution < -0.4 is 9.80 Å². The first-order valence-electron chi connectivity index (χ1n) is 18.5. The van der Waals surface area contributed by atoms with Gasteiger partial charge in [-0.3, -0.25) is 0 Å². The second kappa shape index (κ2) is 12.9. The SMILES string of the molecule is Cc1ccc(N(c2ccc(C)cc2)c2ccc3c(c2)sc2cc4cc5sc6cc(N(c7ccc(C)cc7)c7ccc(C)cc7)ccc6c5cc4cc23)cc1. The van der Waals surface area contributed by atoms with Crippen LogP contribution in [0, 0.1) is 27.7 Å². The van der Waals surface area contributed by atoms with Gasteiger partial charge in [0.2, 0.25) is 0 Å². The maximum Gasteiger partial charge on any atom is 0.0476 e. The molecule has 0 amide bonds. The van der Waals surface area contributed by atoms with Gasteiger partial charge in [0.05, 0.1) is 0 Å². The Morgan fingerprint density at radius 1 is 0.278 bits per heavy atom. The predicted molar refractivity (Wildman–Crippen MR) is 238 cm³/mol. The first-order chi connectivity index (χ1) is 26.3. The molecule has 0 fully saturated rings. The van der Waals surface area contributed by atoms with Gasteiger partial charge in [0.25, 0.3) is 0 Å². The largest absolute Gasteiger partial charge is 0.310 e. The molecular weight excluding hydrogens is 693 g/mol. The molecule has 2 aromatic heterocycles. The van der Waals surface area contributed by atoms with Gasteiger partial charge in [-0.25, -0.2) is 0 Å². The maximum absolute atomic E-state index is 2.41. The van der Waals surface area contributed by atoms with Crippen LogP contribution in [0.25, 0.3) is 51.1 Å². The molecule has 2 heterocycles. The van der Waals surface area contributed by atoms with Crippen LogP contribution in [0.15, 0.2) is 158 Å². The first-order valence-corrected chi connectivity index (χ1v) is 20.1. The molecule has 0 bridgehead atoms. The van der Waals surface area contributed by atoms with Crippen LogP contribution in [0.5, 0.6) is 0 Å². The molecule has 0 unspecified atom stereocenters. The Hall–Kier alpha value is -5.94. The van der Waals surface area contributed by atoms with Crippen molar-refractivity contribution in [3.05, 3.63) is 180 Å². The van der Waals surface area contributed by atoms with E-state index < -0.39 is 0 Å². The van der Waals surface area contributed by atoms with Crippen LogP contribution in [0.3, 0.4) is 0 Å². The Labute approximate surface area is 323 Å². The molecule has 0 saturated carbocycles. The third kappa shape index (κ3) is 5.70. The second-order valence-corrected chi connectivity index (χ2v) is 16.8. The van der Waals surface area contributed by atoms with Crippen molar-refractivity contribution < 1.29 is 0 Å². The quantitative estimate of drug-likeness (QED) is 0.168. The normalized spacial score (nSPS) is 11.7. The lowest BCUT2D eigenvalue weighted by molar-refractivity contribution is 1.27. The lowest BCUT2D eigenvalue weighted by Crippen LogP contribution is -2.09. The van der Waals surface area contributed by atoms with E-state index in [0.717, 1.165) is 22.7 Å². The van der Waals surface area contributed by atoms with E-state index in [4.69, 9.17) is 0 Å². The van der Waals surface area contributed by atoms with Gasteiger partial charge in [-0.15, -0.1) is 22.7 Å². The Bertz CT molecular complexity index is 2710. The van der Waals surface area contributed by atoms with Crippen LogP contribution >= 0.6 is 22.7 Å². The Kier molecular flexibility index (Phi) is 7.79. The molecule has 0 aliphatic carbocycles. The zero-order valence-corrected chi connectivity index (χ0v) is 32.4. The van der Waals surface area contributed by atoms with Crippen molar-refractivity contribution in [1.82, 2.24) is 0 Å². The summed E-state index contributed by atoms with van der Waals surface area (Å²) in [7, 11) is 0. The topological polar surface area (TPSA) is 6.48 Å². The number of aryl methyl sites for hydroxylation is 4. The minimum atomic E-state index is 1.16. The molecule has 0 radical (unpaired) electrons. The van der Waals surface area contributed by atoms with Crippen LogP contribution in [0.1, 0.15) is 22.3 Å². The predicted octanol–water partition coefficient (Wildman–Crippen LogP) is 15.7. The molecule has 8 aromatic carbocycles. The number of rotatable bonds is 6. The van der Waals surface area contributed by atoms with Crippen molar-refractivity contribution >= 4 is 108 Å². The molecule has 4 heteroatoms. The molecule has 260 valence electrons. The molecule has 2 nitrogen and oxygen atoms in total. The average Bonchev–Trinajstić information content (AvgIpc) is 3.72. The highest BCUT2D eigenvalue weighted by molar-refractivity contribution is 7.26. The van der Waals surface area contributed by atoms with Gasteiger partial charge < -0.3 is 9.80 Å². The van der Waals surface area contributed by atoms with Crippen molar-refractivity contribution in [1.29, 1.82) is 0 Å². The van der Waals surface area contributed by atoms with Crippen molar-refractivity contribution in [2.45, 2.75) is 27.7 Å². The average molecular weight is 731 g/mol. The van der Waals surface area contributed by atoms with Gasteiger partial charge in [-0.1, -0.05) is 82.9 Å². The third-order valence-corrected chi connectivity index (χ3v) is 12.9. The minimum absolute atomic E-state index is 1.16. The van der Waals surface area contributed by atoms with E-state index in [0.29, 0.717) is 0 Å². The maximum atomic E-state index is 2.41. The minimum Gasteiger partial charge on any atom is -0.310 e. The van der Waals surface area contributed by atoms with Gasteiger partial charge in [-0.05, 0) is 136 Å². The fourth-order valence-corrected chi connectivity index (χ4v) is 10.1. The van der Waals surface area contributed by atoms with Crippen molar-refractivity contribution in [2.24, 2.45) is 0 Å². The molecule has 0 saturated heterocycles. The van der Waals surface area contributed by atoms with Crippen LogP contribution in [-0.2, 0) is 0 Å². The van der Waals surface area contributed by atoms with Crippen molar-refractivity contribution in [2.75, 3.05) is 9.80 Å². The number of anilines is 6. The van der Waals surface area contributed by atoms with E-state index in [1.54, 1.807) is 0 Å². The molecule has 0 atom stereocenters. The highest BCUT2D eigenvalue weighted by atomic mass is 32.1. The summed E-state index contributed by atoms with van der Waals surface area (Å²) in [5.74, 6) is 0. The Morgan fingerprint density at radius 3 is 0.889 bits per heavy atom. The zero-order valence-electron chi connectivity index (χ0n) is 30.7. The molecule has 0 N–H and O–H groups in total. The summed E-state index contributed by atoms with van der Waals surface area (Å²) in [4.78, 5) is 4.73. The van der Waals surface area contributed by atoms with Crippen LogP contribution in [-0.4, -0.2) is 0 Å². The zero-order chi connectivity index (χ0) is 36.5. The first kappa shape index (κ1) is 32.7. The van der Waals surface area contributed by atoms with Crippen molar-refractivity contribution in [3.8, 4) is 0 Å². The number of hydrogen-bond donors (Lipinski definition) is 0. The van der Waals surface area contributed by atoms with Gasteiger partial charge in [0.15, 0.2) is 0 Å². The Morgan fingerprint density at radius 2 is 0.556 bits per heavy atom. The lowest BCUT2D eigenvalue weighted by Gasteiger charge is -2.25. The van der Waals surface area contributed by atoms with Crippen LogP contribution in [0.2, 0.25) is 0 Å². The summed E-state index contributed by atoms with van der Waals surface area (Å²) in [6.45, 7) is 8.57. The van der Waals surface area contributed by atoms with E-state index in [2.05, 4.69) is 195 Å². The highest BCUT2D eigenvalue weighted by Crippen LogP contribution is 2.45. The lowest BCUT2D eigenvalue weighted by atomic mass is 10.0. The van der Waals surface area contributed by atoms with E-state index in [-0.39, 0.29) is 0 Å². The molecule has 0 spiro atoms. The number of thiophene rings is 2. The summed E-state index contributed by atoms with van der Waals surface area (Å²) in [6.07, 6.45) is 0. The fourth-order valence-electron chi connectivity index (χ4n) is 7.72. The summed E-state index contributed by atoms with van der Waals surface area (Å²) in [5.41, 5.74) is 12.0. The third-order valence-electron chi connectivity index (χ3n) is 10.7. The van der Waals surface area contributed by atoms with Gasteiger partial charge in [-0.2, -0.15) is 0 Å². The molecular formula is C50H38N2S2. The standard InChI is InChI=1S/C50H38N2S2/c1-31-5-13-37(14-6-31)51(38-15-7-32(2)8-16-38)41-21-23-43-45-25-35-26-46-44-24-22-42(30-50(44)54-48(46)28-36(35)27-47(45)53-49(43)29-41)52(39-17-9-33(3)10-18-39)40-19-11-34(4)12-20-40/h5-30H,1-4H3. The van der Waals surface area contributed by atoms with Gasteiger partial charge >= 0.3 is 0 Å². The van der Waals surface area contributed by atoms with Crippen LogP contribution in [0.4, 0.5) is 34.1 Å². The summed E-state index contributed by atoms with van der Waals surface area (Å²) < 4.78 is 5.24. The number of fused-ring (bicyclic) bond motifs is 7. The van der Waals surface area contributed by atoms with E-state index >= 15 is 0 Å². The number of hydrogen-bond acceptors (Lipinski definition) is 4. The van der Waals surface area contributed by atoms with Crippen molar-refractivity contribution in [3.63, 3.8) is 0 Å². The highest BCUT2D eigenvalue weighted by Gasteiger charge is 2.18. The summed E-state index contributed by atoms with van der Waals surface area (Å²) >= 11 is 3.78. The monoisotopic (exact) mass is 730 g/mol. The molecule has 10 rings (SSSR count). The van der Waals surface area contributed by atoms with Gasteiger partial charge in [0, 0.05) is 74.5 Å². The van der Waals surface area contributed by atoms with E-state index in [1.807, 2.05) is 22.7 Å². The van der Waals surface area contributed by atoms with E-state index in [1.165, 1.54) is 84.7 Å². The van der Waals surface area contributed by atoms with E-state index in [9.17, 15) is 0 Å². The number of benzene rings is 8. The summed E-state index contributed by atoms with van der Waals surface area (Å²) in [5, 5.41) is 7.82. The Balaban J connectivity index is 1.06. The summed E-state index contributed by atoms with van der Waals surface area (Å²) in [6, 6.07) is 58.9. The second-order valence-electron chi connectivity index (χ2n) is 14.6. The smallest absolute Gasteiger partial charge is 0.0476 e.